The van der Waals surface area contributed by atoms with E-state index in [1.807, 2.05) is 26.0 Å². The molecule has 1 fully saturated rings. The van der Waals surface area contributed by atoms with Gasteiger partial charge in [0.05, 0.1) is 18.2 Å². The van der Waals surface area contributed by atoms with Crippen LogP contribution in [0.15, 0.2) is 12.1 Å². The molecule has 0 aromatic heterocycles. The van der Waals surface area contributed by atoms with Crippen LogP contribution in [0.5, 0.6) is 5.75 Å². The number of nitriles is 1. The van der Waals surface area contributed by atoms with Crippen molar-refractivity contribution >= 4 is 15.9 Å². The normalized spacial score (nSPS) is 17.2. The maximum Gasteiger partial charge on any atom is 0.125 e. The first kappa shape index (κ1) is 14.4. The molecule has 102 valence electrons. The van der Waals surface area contributed by atoms with Gasteiger partial charge in [-0.05, 0) is 49.9 Å². The van der Waals surface area contributed by atoms with Crippen molar-refractivity contribution in [2.75, 3.05) is 11.9 Å². The SMILES string of the molecule is Cc1cc(C#N)cc(C)c1OCC1(CBr)CCCC1. The highest BCUT2D eigenvalue weighted by Crippen LogP contribution is 2.40. The van der Waals surface area contributed by atoms with Crippen LogP contribution in [0, 0.1) is 30.6 Å². The van der Waals surface area contributed by atoms with E-state index in [0.29, 0.717) is 11.0 Å². The quantitative estimate of drug-likeness (QED) is 0.764. The summed E-state index contributed by atoms with van der Waals surface area (Å²) in [6.07, 6.45) is 5.10. The summed E-state index contributed by atoms with van der Waals surface area (Å²) in [5, 5.41) is 9.97. The Morgan fingerprint density at radius 3 is 2.32 bits per heavy atom. The maximum absolute atomic E-state index is 8.96. The van der Waals surface area contributed by atoms with Gasteiger partial charge in [-0.25, -0.2) is 0 Å². The Bertz CT molecular complexity index is 475. The molecular weight excluding hydrogens is 302 g/mol. The fourth-order valence-corrected chi connectivity index (χ4v) is 3.63. The van der Waals surface area contributed by atoms with Crippen LogP contribution in [-0.4, -0.2) is 11.9 Å². The van der Waals surface area contributed by atoms with Gasteiger partial charge in [-0.3, -0.25) is 0 Å². The third kappa shape index (κ3) is 3.12. The average Bonchev–Trinajstić information content (AvgIpc) is 2.87. The Morgan fingerprint density at radius 2 is 1.84 bits per heavy atom. The highest BCUT2D eigenvalue weighted by Gasteiger charge is 2.33. The summed E-state index contributed by atoms with van der Waals surface area (Å²) in [5.74, 6) is 0.950. The van der Waals surface area contributed by atoms with Crippen molar-refractivity contribution in [1.82, 2.24) is 0 Å². The van der Waals surface area contributed by atoms with E-state index < -0.39 is 0 Å². The summed E-state index contributed by atoms with van der Waals surface area (Å²) in [7, 11) is 0. The van der Waals surface area contributed by atoms with E-state index in [4.69, 9.17) is 10.00 Å². The number of nitrogens with zero attached hydrogens (tertiary/aromatic N) is 1. The van der Waals surface area contributed by atoms with Crippen LogP contribution in [0.2, 0.25) is 0 Å². The van der Waals surface area contributed by atoms with E-state index in [-0.39, 0.29) is 0 Å². The standard InChI is InChI=1S/C16H20BrNO/c1-12-7-14(9-18)8-13(2)15(12)19-11-16(10-17)5-3-4-6-16/h7-8H,3-6,10-11H2,1-2H3. The van der Waals surface area contributed by atoms with E-state index in [0.717, 1.165) is 28.8 Å². The van der Waals surface area contributed by atoms with Gasteiger partial charge in [0.2, 0.25) is 0 Å². The fraction of sp³-hybridized carbons (Fsp3) is 0.562. The van der Waals surface area contributed by atoms with Crippen LogP contribution >= 0.6 is 15.9 Å². The minimum atomic E-state index is 0.298. The second-order valence-electron chi connectivity index (χ2n) is 5.68. The first-order valence-electron chi connectivity index (χ1n) is 6.80. The molecule has 0 saturated heterocycles. The van der Waals surface area contributed by atoms with Crippen molar-refractivity contribution in [1.29, 1.82) is 5.26 Å². The lowest BCUT2D eigenvalue weighted by atomic mass is 9.90. The van der Waals surface area contributed by atoms with Gasteiger partial charge in [-0.1, -0.05) is 28.8 Å². The summed E-state index contributed by atoms with van der Waals surface area (Å²) < 4.78 is 6.11. The fourth-order valence-electron chi connectivity index (χ4n) is 2.91. The van der Waals surface area contributed by atoms with E-state index in [1.165, 1.54) is 25.7 Å². The molecule has 2 nitrogen and oxygen atoms in total. The molecule has 19 heavy (non-hydrogen) atoms. The highest BCUT2D eigenvalue weighted by atomic mass is 79.9. The van der Waals surface area contributed by atoms with Gasteiger partial charge in [0.15, 0.2) is 0 Å². The predicted molar refractivity (Wildman–Crippen MR) is 80.8 cm³/mol. The lowest BCUT2D eigenvalue weighted by Gasteiger charge is -2.27. The number of rotatable bonds is 4. The average molecular weight is 322 g/mol. The second-order valence-corrected chi connectivity index (χ2v) is 6.24. The molecule has 0 spiro atoms. The molecule has 0 N–H and O–H groups in total. The molecule has 3 heteroatoms. The van der Waals surface area contributed by atoms with Gasteiger partial charge >= 0.3 is 0 Å². The van der Waals surface area contributed by atoms with Gasteiger partial charge in [-0.15, -0.1) is 0 Å². The number of hydrogen-bond donors (Lipinski definition) is 0. The smallest absolute Gasteiger partial charge is 0.125 e. The molecule has 0 aliphatic heterocycles. The van der Waals surface area contributed by atoms with Gasteiger partial charge in [0.25, 0.3) is 0 Å². The molecular formula is C16H20BrNO. The minimum absolute atomic E-state index is 0.298. The lowest BCUT2D eigenvalue weighted by Crippen LogP contribution is -2.27. The molecule has 0 atom stereocenters. The van der Waals surface area contributed by atoms with Crippen LogP contribution in [0.25, 0.3) is 0 Å². The van der Waals surface area contributed by atoms with Crippen molar-refractivity contribution < 1.29 is 4.74 Å². The molecule has 0 unspecified atom stereocenters. The molecule has 1 aromatic carbocycles. The third-order valence-corrected chi connectivity index (χ3v) is 5.25. The maximum atomic E-state index is 8.96. The molecule has 0 radical (unpaired) electrons. The van der Waals surface area contributed by atoms with Crippen molar-refractivity contribution in [2.24, 2.45) is 5.41 Å². The zero-order valence-corrected chi connectivity index (χ0v) is 13.2. The van der Waals surface area contributed by atoms with E-state index in [9.17, 15) is 0 Å². The molecule has 1 saturated carbocycles. The van der Waals surface area contributed by atoms with Crippen molar-refractivity contribution in [3.8, 4) is 11.8 Å². The lowest BCUT2D eigenvalue weighted by molar-refractivity contribution is 0.172. The van der Waals surface area contributed by atoms with Crippen LogP contribution in [0.3, 0.4) is 0 Å². The topological polar surface area (TPSA) is 33.0 Å². The van der Waals surface area contributed by atoms with E-state index in [1.54, 1.807) is 0 Å². The predicted octanol–water partition coefficient (Wildman–Crippen LogP) is 4.51. The largest absolute Gasteiger partial charge is 0.492 e. The summed E-state index contributed by atoms with van der Waals surface area (Å²) in [4.78, 5) is 0. The zero-order valence-electron chi connectivity index (χ0n) is 11.6. The van der Waals surface area contributed by atoms with E-state index >= 15 is 0 Å². The van der Waals surface area contributed by atoms with Crippen molar-refractivity contribution in [3.63, 3.8) is 0 Å². The van der Waals surface area contributed by atoms with Crippen LogP contribution < -0.4 is 4.74 Å². The third-order valence-electron chi connectivity index (χ3n) is 4.06. The molecule has 0 amide bonds. The molecule has 2 rings (SSSR count). The molecule has 1 aromatic rings. The summed E-state index contributed by atoms with van der Waals surface area (Å²) >= 11 is 3.64. The summed E-state index contributed by atoms with van der Waals surface area (Å²) in [5.41, 5.74) is 3.12. The second kappa shape index (κ2) is 5.96. The van der Waals surface area contributed by atoms with Crippen LogP contribution in [0.4, 0.5) is 0 Å². The van der Waals surface area contributed by atoms with E-state index in [2.05, 4.69) is 22.0 Å². The summed E-state index contributed by atoms with van der Waals surface area (Å²) in [6.45, 7) is 4.79. The van der Waals surface area contributed by atoms with Crippen LogP contribution in [0.1, 0.15) is 42.4 Å². The van der Waals surface area contributed by atoms with Gasteiger partial charge < -0.3 is 4.74 Å². The van der Waals surface area contributed by atoms with Gasteiger partial charge in [0, 0.05) is 10.7 Å². The number of halogens is 1. The number of ether oxygens (including phenoxy) is 1. The first-order valence-corrected chi connectivity index (χ1v) is 7.92. The van der Waals surface area contributed by atoms with Gasteiger partial charge in [0.1, 0.15) is 5.75 Å². The highest BCUT2D eigenvalue weighted by molar-refractivity contribution is 9.09. The van der Waals surface area contributed by atoms with Gasteiger partial charge in [-0.2, -0.15) is 5.26 Å². The Hall–Kier alpha value is -1.01. The molecule has 0 heterocycles. The van der Waals surface area contributed by atoms with Crippen molar-refractivity contribution in [2.45, 2.75) is 39.5 Å². The van der Waals surface area contributed by atoms with Crippen molar-refractivity contribution in [3.05, 3.63) is 28.8 Å². The number of alkyl halides is 1. The monoisotopic (exact) mass is 321 g/mol. The zero-order chi connectivity index (χ0) is 13.9. The Kier molecular flexibility index (Phi) is 4.52. The van der Waals surface area contributed by atoms with Crippen LogP contribution in [-0.2, 0) is 0 Å². The Morgan fingerprint density at radius 1 is 1.26 bits per heavy atom. The first-order chi connectivity index (χ1) is 9.10. The number of hydrogen-bond acceptors (Lipinski definition) is 2. The molecule has 1 aliphatic carbocycles. The minimum Gasteiger partial charge on any atom is -0.492 e. The molecule has 1 aliphatic rings. The summed E-state index contributed by atoms with van der Waals surface area (Å²) in [6, 6.07) is 5.99. The Balaban J connectivity index is 2.14. The number of aryl methyl sites for hydroxylation is 2. The number of benzene rings is 1. The Labute approximate surface area is 123 Å². The molecule has 0 bridgehead atoms.